The number of halogens is 5. The zero-order valence-corrected chi connectivity index (χ0v) is 8.31. The molecular formula is C7H6F5N3O2. The van der Waals surface area contributed by atoms with E-state index in [1.807, 2.05) is 0 Å². The van der Waals surface area contributed by atoms with E-state index in [1.54, 1.807) is 0 Å². The molecule has 1 N–H and O–H groups in total. The van der Waals surface area contributed by atoms with Gasteiger partial charge in [0.05, 0.1) is 0 Å². The van der Waals surface area contributed by atoms with Crippen molar-refractivity contribution in [2.24, 2.45) is 0 Å². The topological polar surface area (TPSA) is 64.5 Å². The van der Waals surface area contributed by atoms with Crippen LogP contribution in [-0.2, 0) is 9.59 Å². The Morgan fingerprint density at radius 2 is 1.76 bits per heavy atom. The van der Waals surface area contributed by atoms with Crippen LogP contribution in [0.4, 0.5) is 22.0 Å². The van der Waals surface area contributed by atoms with Gasteiger partial charge in [0.2, 0.25) is 5.96 Å². The first kappa shape index (κ1) is 13.3. The van der Waals surface area contributed by atoms with Crippen molar-refractivity contribution in [3.05, 3.63) is 0 Å². The fraction of sp³-hybridized carbons (Fsp3) is 0.571. The van der Waals surface area contributed by atoms with E-state index in [-0.39, 0.29) is 0 Å². The van der Waals surface area contributed by atoms with E-state index in [0.717, 1.165) is 11.9 Å². The van der Waals surface area contributed by atoms with Crippen molar-refractivity contribution in [1.82, 2.24) is 9.80 Å². The molecule has 17 heavy (non-hydrogen) atoms. The lowest BCUT2D eigenvalue weighted by atomic mass is 10.3. The molecule has 0 aromatic carbocycles. The highest BCUT2D eigenvalue weighted by atomic mass is 19.4. The van der Waals surface area contributed by atoms with Crippen LogP contribution in [0.2, 0.25) is 0 Å². The van der Waals surface area contributed by atoms with Crippen molar-refractivity contribution < 1.29 is 31.5 Å². The number of hydrogen-bond acceptors (Lipinski definition) is 3. The maximum atomic E-state index is 12.7. The Kier molecular flexibility index (Phi) is 2.85. The van der Waals surface area contributed by atoms with Gasteiger partial charge in [0.15, 0.2) is 0 Å². The third-order valence-corrected chi connectivity index (χ3v) is 2.02. The molecule has 0 saturated carbocycles. The van der Waals surface area contributed by atoms with Crippen LogP contribution >= 0.6 is 0 Å². The minimum absolute atomic E-state index is 0.479. The summed E-state index contributed by atoms with van der Waals surface area (Å²) in [4.78, 5) is 22.3. The van der Waals surface area contributed by atoms with Gasteiger partial charge in [0.1, 0.15) is 6.54 Å². The average molecular weight is 259 g/mol. The standard InChI is InChI=1S/C7H6F5N3O2/c1-14-2-3(16)15(5(14)13)4(17)6(8,9)7(10,11)12/h13H,2H2,1H3. The maximum absolute atomic E-state index is 12.7. The summed E-state index contributed by atoms with van der Waals surface area (Å²) in [6, 6.07) is 0. The summed E-state index contributed by atoms with van der Waals surface area (Å²) < 4.78 is 61.0. The first-order chi connectivity index (χ1) is 7.50. The number of nitrogens with zero attached hydrogens (tertiary/aromatic N) is 2. The molecule has 1 aliphatic rings. The van der Waals surface area contributed by atoms with Crippen molar-refractivity contribution in [3.63, 3.8) is 0 Å². The Labute approximate surface area is 91.3 Å². The van der Waals surface area contributed by atoms with Crippen LogP contribution in [0.15, 0.2) is 0 Å². The van der Waals surface area contributed by atoms with E-state index in [0.29, 0.717) is 0 Å². The van der Waals surface area contributed by atoms with Crippen molar-refractivity contribution in [3.8, 4) is 0 Å². The number of carbonyl (C=O) groups is 2. The molecule has 1 fully saturated rings. The Balaban J connectivity index is 3.07. The second-order valence-corrected chi connectivity index (χ2v) is 3.29. The predicted octanol–water partition coefficient (Wildman–Crippen LogP) is 0.419. The monoisotopic (exact) mass is 259 g/mol. The van der Waals surface area contributed by atoms with Gasteiger partial charge < -0.3 is 4.90 Å². The number of hydrogen-bond donors (Lipinski definition) is 1. The van der Waals surface area contributed by atoms with E-state index >= 15 is 0 Å². The first-order valence-corrected chi connectivity index (χ1v) is 4.11. The van der Waals surface area contributed by atoms with Gasteiger partial charge in [-0.05, 0) is 0 Å². The number of alkyl halides is 5. The maximum Gasteiger partial charge on any atom is 0.463 e. The van der Waals surface area contributed by atoms with Crippen molar-refractivity contribution in [1.29, 1.82) is 5.41 Å². The Hall–Kier alpha value is -1.74. The largest absolute Gasteiger partial charge is 0.463 e. The van der Waals surface area contributed by atoms with Crippen molar-refractivity contribution >= 4 is 17.8 Å². The molecule has 0 spiro atoms. The predicted molar refractivity (Wildman–Crippen MR) is 43.2 cm³/mol. The molecule has 1 rings (SSSR count). The average Bonchev–Trinajstić information content (AvgIpc) is 2.38. The summed E-state index contributed by atoms with van der Waals surface area (Å²) in [6.45, 7) is -0.599. The van der Waals surface area contributed by atoms with E-state index in [9.17, 15) is 31.5 Å². The van der Waals surface area contributed by atoms with Crippen LogP contribution < -0.4 is 0 Å². The molecule has 96 valence electrons. The number of carbonyl (C=O) groups excluding carboxylic acids is 2. The SMILES string of the molecule is CN1CC(=O)N(C(=O)C(F)(F)C(F)(F)F)C1=N. The number of nitrogens with one attached hydrogen (secondary N) is 1. The lowest BCUT2D eigenvalue weighted by molar-refractivity contribution is -0.272. The van der Waals surface area contributed by atoms with Gasteiger partial charge >= 0.3 is 18.0 Å². The highest BCUT2D eigenvalue weighted by Crippen LogP contribution is 2.37. The number of imide groups is 1. The third-order valence-electron chi connectivity index (χ3n) is 2.02. The molecule has 0 unspecified atom stereocenters. The number of guanidine groups is 1. The quantitative estimate of drug-likeness (QED) is 0.694. The lowest BCUT2D eigenvalue weighted by Gasteiger charge is -2.23. The molecule has 0 aliphatic carbocycles. The summed E-state index contributed by atoms with van der Waals surface area (Å²) in [7, 11) is 1.11. The number of likely N-dealkylation sites (N-methyl/N-ethyl adjacent to an activating group) is 1. The zero-order valence-electron chi connectivity index (χ0n) is 8.31. The van der Waals surface area contributed by atoms with Gasteiger partial charge in [-0.3, -0.25) is 15.0 Å². The molecule has 0 aromatic heterocycles. The highest BCUT2D eigenvalue weighted by Gasteiger charge is 2.66. The van der Waals surface area contributed by atoms with E-state index in [1.165, 1.54) is 0 Å². The van der Waals surface area contributed by atoms with Crippen LogP contribution in [0, 0.1) is 5.41 Å². The molecule has 10 heteroatoms. The van der Waals surface area contributed by atoms with Gasteiger partial charge in [-0.15, -0.1) is 0 Å². The summed E-state index contributed by atoms with van der Waals surface area (Å²) in [5.41, 5.74) is 0. The molecule has 0 aromatic rings. The van der Waals surface area contributed by atoms with Gasteiger partial charge in [-0.2, -0.15) is 22.0 Å². The fourth-order valence-corrected chi connectivity index (χ4v) is 1.11. The lowest BCUT2D eigenvalue weighted by Crippen LogP contribution is -2.54. The summed E-state index contributed by atoms with van der Waals surface area (Å²) in [5.74, 6) is -10.8. The molecule has 0 atom stereocenters. The van der Waals surface area contributed by atoms with Gasteiger partial charge in [-0.25, -0.2) is 4.90 Å². The second kappa shape index (κ2) is 3.64. The van der Waals surface area contributed by atoms with Crippen molar-refractivity contribution in [2.45, 2.75) is 12.1 Å². The second-order valence-electron chi connectivity index (χ2n) is 3.29. The Morgan fingerprint density at radius 3 is 2.06 bits per heavy atom. The van der Waals surface area contributed by atoms with Gasteiger partial charge in [-0.1, -0.05) is 0 Å². The van der Waals surface area contributed by atoms with E-state index < -0.39 is 41.3 Å². The summed E-state index contributed by atoms with van der Waals surface area (Å²) >= 11 is 0. The van der Waals surface area contributed by atoms with Gasteiger partial charge in [0, 0.05) is 7.05 Å². The van der Waals surface area contributed by atoms with Crippen molar-refractivity contribution in [2.75, 3.05) is 13.6 Å². The van der Waals surface area contributed by atoms with Crippen LogP contribution in [0.3, 0.4) is 0 Å². The Bertz CT molecular complexity index is 391. The fourth-order valence-electron chi connectivity index (χ4n) is 1.11. The van der Waals surface area contributed by atoms with Crippen LogP contribution in [-0.4, -0.2) is 53.3 Å². The smallest absolute Gasteiger partial charge is 0.336 e. The molecule has 0 bridgehead atoms. The minimum Gasteiger partial charge on any atom is -0.336 e. The van der Waals surface area contributed by atoms with Crippen LogP contribution in [0.25, 0.3) is 0 Å². The normalized spacial score (nSPS) is 18.0. The molecular weight excluding hydrogens is 253 g/mol. The zero-order chi connectivity index (χ0) is 13.6. The van der Waals surface area contributed by atoms with E-state index in [2.05, 4.69) is 0 Å². The first-order valence-electron chi connectivity index (χ1n) is 4.11. The van der Waals surface area contributed by atoms with Gasteiger partial charge in [0.25, 0.3) is 5.91 Å². The molecule has 1 heterocycles. The number of rotatable bonds is 1. The number of amides is 2. The highest BCUT2D eigenvalue weighted by molar-refractivity contribution is 6.17. The van der Waals surface area contributed by atoms with Crippen LogP contribution in [0.1, 0.15) is 0 Å². The minimum atomic E-state index is -6.11. The summed E-state index contributed by atoms with van der Waals surface area (Å²) in [6.07, 6.45) is -6.11. The Morgan fingerprint density at radius 1 is 1.29 bits per heavy atom. The molecule has 2 amide bonds. The van der Waals surface area contributed by atoms with Crippen LogP contribution in [0.5, 0.6) is 0 Å². The molecule has 1 aliphatic heterocycles. The van der Waals surface area contributed by atoms with E-state index in [4.69, 9.17) is 5.41 Å². The third kappa shape index (κ3) is 1.94. The molecule has 1 saturated heterocycles. The molecule has 5 nitrogen and oxygen atoms in total. The summed E-state index contributed by atoms with van der Waals surface area (Å²) in [5, 5.41) is 7.07. The molecule has 0 radical (unpaired) electrons.